The highest BCUT2D eigenvalue weighted by atomic mass is 16.3. The van der Waals surface area contributed by atoms with Gasteiger partial charge in [-0.3, -0.25) is 0 Å². The van der Waals surface area contributed by atoms with E-state index in [2.05, 4.69) is 24.3 Å². The van der Waals surface area contributed by atoms with Gasteiger partial charge in [0, 0.05) is 12.0 Å². The van der Waals surface area contributed by atoms with Crippen molar-refractivity contribution in [3.05, 3.63) is 35.4 Å². The van der Waals surface area contributed by atoms with Crippen molar-refractivity contribution in [1.82, 2.24) is 0 Å². The SMILES string of the molecule is CC(C)(O)Cc1ccc(C2(N)CCCCC2)cc1. The molecule has 0 radical (unpaired) electrons. The molecule has 0 saturated heterocycles. The van der Waals surface area contributed by atoms with Crippen molar-refractivity contribution in [1.29, 1.82) is 0 Å². The predicted octanol–water partition coefficient (Wildman–Crippen LogP) is 3.12. The van der Waals surface area contributed by atoms with E-state index >= 15 is 0 Å². The second kappa shape index (κ2) is 5.02. The molecule has 0 heterocycles. The van der Waals surface area contributed by atoms with Crippen molar-refractivity contribution in [2.45, 2.75) is 63.5 Å². The van der Waals surface area contributed by atoms with Gasteiger partial charge in [-0.05, 0) is 37.8 Å². The van der Waals surface area contributed by atoms with E-state index in [-0.39, 0.29) is 5.54 Å². The molecule has 0 bridgehead atoms. The number of rotatable bonds is 3. The van der Waals surface area contributed by atoms with Crippen molar-refractivity contribution >= 4 is 0 Å². The topological polar surface area (TPSA) is 46.2 Å². The summed E-state index contributed by atoms with van der Waals surface area (Å²) in [7, 11) is 0. The molecule has 100 valence electrons. The smallest absolute Gasteiger partial charge is 0.0631 e. The van der Waals surface area contributed by atoms with Crippen LogP contribution in [0.1, 0.15) is 57.1 Å². The number of benzene rings is 1. The predicted molar refractivity (Wildman–Crippen MR) is 75.4 cm³/mol. The standard InChI is InChI=1S/C16H25NO/c1-15(2,18)12-13-6-8-14(9-7-13)16(17)10-4-3-5-11-16/h6-9,18H,3-5,10-12,17H2,1-2H3. The highest BCUT2D eigenvalue weighted by Crippen LogP contribution is 2.34. The lowest BCUT2D eigenvalue weighted by Crippen LogP contribution is -2.38. The van der Waals surface area contributed by atoms with Crippen molar-refractivity contribution in [3.8, 4) is 0 Å². The van der Waals surface area contributed by atoms with Crippen molar-refractivity contribution in [3.63, 3.8) is 0 Å². The van der Waals surface area contributed by atoms with Crippen LogP contribution in [0.15, 0.2) is 24.3 Å². The lowest BCUT2D eigenvalue weighted by Gasteiger charge is -2.34. The summed E-state index contributed by atoms with van der Waals surface area (Å²) in [6.45, 7) is 3.68. The van der Waals surface area contributed by atoms with Crippen LogP contribution < -0.4 is 5.73 Å². The number of hydrogen-bond acceptors (Lipinski definition) is 2. The van der Waals surface area contributed by atoms with Crippen LogP contribution in [-0.4, -0.2) is 10.7 Å². The molecule has 3 N–H and O–H groups in total. The summed E-state index contributed by atoms with van der Waals surface area (Å²) >= 11 is 0. The number of hydrogen-bond donors (Lipinski definition) is 2. The summed E-state index contributed by atoms with van der Waals surface area (Å²) in [5.74, 6) is 0. The minimum absolute atomic E-state index is 0.120. The van der Waals surface area contributed by atoms with Crippen LogP contribution in [0.4, 0.5) is 0 Å². The van der Waals surface area contributed by atoms with Gasteiger partial charge in [0.15, 0.2) is 0 Å². The van der Waals surface area contributed by atoms with E-state index in [0.717, 1.165) is 12.8 Å². The molecule has 1 saturated carbocycles. The molecule has 0 aliphatic heterocycles. The molecular weight excluding hydrogens is 222 g/mol. The van der Waals surface area contributed by atoms with Gasteiger partial charge in [-0.2, -0.15) is 0 Å². The zero-order chi connectivity index (χ0) is 13.2. The average molecular weight is 247 g/mol. The van der Waals surface area contributed by atoms with Gasteiger partial charge in [0.1, 0.15) is 0 Å². The minimum Gasteiger partial charge on any atom is -0.390 e. The van der Waals surface area contributed by atoms with Crippen molar-refractivity contribution in [2.24, 2.45) is 5.73 Å². The number of aliphatic hydroxyl groups is 1. The molecular formula is C16H25NO. The quantitative estimate of drug-likeness (QED) is 0.862. The lowest BCUT2D eigenvalue weighted by atomic mass is 9.77. The first-order valence-corrected chi connectivity index (χ1v) is 7.00. The lowest BCUT2D eigenvalue weighted by molar-refractivity contribution is 0.0810. The fraction of sp³-hybridized carbons (Fsp3) is 0.625. The maximum atomic E-state index is 9.82. The largest absolute Gasteiger partial charge is 0.390 e. The van der Waals surface area contributed by atoms with Crippen LogP contribution in [0, 0.1) is 0 Å². The molecule has 2 nitrogen and oxygen atoms in total. The van der Waals surface area contributed by atoms with E-state index in [0.29, 0.717) is 6.42 Å². The third kappa shape index (κ3) is 3.33. The summed E-state index contributed by atoms with van der Waals surface area (Å²) in [6.07, 6.45) is 6.67. The van der Waals surface area contributed by atoms with Gasteiger partial charge in [0.25, 0.3) is 0 Å². The van der Waals surface area contributed by atoms with E-state index in [1.54, 1.807) is 0 Å². The Morgan fingerprint density at radius 1 is 1.11 bits per heavy atom. The number of nitrogens with two attached hydrogens (primary N) is 1. The van der Waals surface area contributed by atoms with Gasteiger partial charge in [-0.15, -0.1) is 0 Å². The van der Waals surface area contributed by atoms with E-state index < -0.39 is 5.60 Å². The highest BCUT2D eigenvalue weighted by molar-refractivity contribution is 5.29. The summed E-state index contributed by atoms with van der Waals surface area (Å²) < 4.78 is 0. The second-order valence-corrected chi connectivity index (χ2v) is 6.40. The Balaban J connectivity index is 2.12. The Bertz CT molecular complexity index is 383. The molecule has 0 atom stereocenters. The first kappa shape index (κ1) is 13.6. The molecule has 0 amide bonds. The Labute approximate surface area is 110 Å². The van der Waals surface area contributed by atoms with Crippen molar-refractivity contribution in [2.75, 3.05) is 0 Å². The van der Waals surface area contributed by atoms with Gasteiger partial charge in [0.05, 0.1) is 5.60 Å². The maximum absolute atomic E-state index is 9.82. The Morgan fingerprint density at radius 3 is 2.17 bits per heavy atom. The monoisotopic (exact) mass is 247 g/mol. The molecule has 1 aliphatic rings. The normalized spacial score (nSPS) is 19.8. The molecule has 2 rings (SSSR count). The Kier molecular flexibility index (Phi) is 3.79. The molecule has 1 aliphatic carbocycles. The van der Waals surface area contributed by atoms with Gasteiger partial charge >= 0.3 is 0 Å². The first-order chi connectivity index (χ1) is 8.39. The molecule has 0 unspecified atom stereocenters. The van der Waals surface area contributed by atoms with Crippen molar-refractivity contribution < 1.29 is 5.11 Å². The molecule has 1 aromatic carbocycles. The van der Waals surface area contributed by atoms with E-state index in [1.165, 1.54) is 30.4 Å². The summed E-state index contributed by atoms with van der Waals surface area (Å²) in [4.78, 5) is 0. The van der Waals surface area contributed by atoms with Crippen LogP contribution in [0.2, 0.25) is 0 Å². The van der Waals surface area contributed by atoms with Gasteiger partial charge < -0.3 is 10.8 Å². The van der Waals surface area contributed by atoms with Gasteiger partial charge in [-0.25, -0.2) is 0 Å². The van der Waals surface area contributed by atoms with E-state index in [1.807, 2.05) is 13.8 Å². The second-order valence-electron chi connectivity index (χ2n) is 6.40. The molecule has 1 fully saturated rings. The van der Waals surface area contributed by atoms with Crippen LogP contribution in [0.25, 0.3) is 0 Å². The first-order valence-electron chi connectivity index (χ1n) is 7.00. The molecule has 18 heavy (non-hydrogen) atoms. The summed E-state index contributed by atoms with van der Waals surface area (Å²) in [5, 5.41) is 9.82. The van der Waals surface area contributed by atoms with Gasteiger partial charge in [0.2, 0.25) is 0 Å². The third-order valence-electron chi connectivity index (χ3n) is 3.91. The summed E-state index contributed by atoms with van der Waals surface area (Å²) in [5.41, 5.74) is 8.17. The zero-order valence-corrected chi connectivity index (χ0v) is 11.6. The summed E-state index contributed by atoms with van der Waals surface area (Å²) in [6, 6.07) is 8.51. The van der Waals surface area contributed by atoms with E-state index in [4.69, 9.17) is 5.73 Å². The molecule has 1 aromatic rings. The molecule has 0 spiro atoms. The molecule has 0 aromatic heterocycles. The fourth-order valence-corrected chi connectivity index (χ4v) is 2.93. The molecule has 2 heteroatoms. The van der Waals surface area contributed by atoms with E-state index in [9.17, 15) is 5.11 Å². The zero-order valence-electron chi connectivity index (χ0n) is 11.6. The highest BCUT2D eigenvalue weighted by Gasteiger charge is 2.29. The fourth-order valence-electron chi connectivity index (χ4n) is 2.93. The average Bonchev–Trinajstić information content (AvgIpc) is 2.28. The Hall–Kier alpha value is -0.860. The van der Waals surface area contributed by atoms with Crippen LogP contribution in [0.5, 0.6) is 0 Å². The van der Waals surface area contributed by atoms with Gasteiger partial charge in [-0.1, -0.05) is 43.5 Å². The maximum Gasteiger partial charge on any atom is 0.0631 e. The van der Waals surface area contributed by atoms with Crippen LogP contribution in [0.3, 0.4) is 0 Å². The Morgan fingerprint density at radius 2 is 1.67 bits per heavy atom. The van der Waals surface area contributed by atoms with Crippen LogP contribution in [-0.2, 0) is 12.0 Å². The minimum atomic E-state index is -0.646. The van der Waals surface area contributed by atoms with Crippen LogP contribution >= 0.6 is 0 Å². The third-order valence-corrected chi connectivity index (χ3v) is 3.91.